The van der Waals surface area contributed by atoms with Crippen molar-refractivity contribution in [1.29, 1.82) is 0 Å². The molecular weight excluding hydrogens is 466 g/mol. The van der Waals surface area contributed by atoms with Gasteiger partial charge in [-0.05, 0) is 36.8 Å². The molecule has 7 heteroatoms. The third-order valence-corrected chi connectivity index (χ3v) is 7.21. The minimum absolute atomic E-state index is 0.0327. The summed E-state index contributed by atoms with van der Waals surface area (Å²) in [5, 5.41) is 2.98. The number of benzene rings is 3. The number of carbonyl (C=O) groups is 3. The summed E-state index contributed by atoms with van der Waals surface area (Å²) in [6, 6.07) is 25.4. The van der Waals surface area contributed by atoms with Crippen molar-refractivity contribution in [2.75, 3.05) is 19.7 Å². The number of nitrogens with one attached hydrogen (secondary N) is 1. The first-order valence-corrected chi connectivity index (χ1v) is 12.7. The van der Waals surface area contributed by atoms with Crippen LogP contribution in [0.5, 0.6) is 0 Å². The number of piperidine rings is 1. The smallest absolute Gasteiger partial charge is 0.256 e. The van der Waals surface area contributed by atoms with Crippen LogP contribution < -0.4 is 5.32 Å². The van der Waals surface area contributed by atoms with Gasteiger partial charge < -0.3 is 15.0 Å². The summed E-state index contributed by atoms with van der Waals surface area (Å²) in [6.07, 6.45) is 0.872. The lowest BCUT2D eigenvalue weighted by Gasteiger charge is -2.44. The summed E-state index contributed by atoms with van der Waals surface area (Å²) in [7, 11) is 0. The summed E-state index contributed by atoms with van der Waals surface area (Å²) in [4.78, 5) is 43.7. The number of aryl methyl sites for hydroxylation is 1. The number of carbonyl (C=O) groups excluding carboxylic acids is 3. The predicted molar refractivity (Wildman–Crippen MR) is 140 cm³/mol. The van der Waals surface area contributed by atoms with Crippen LogP contribution in [-0.4, -0.2) is 59.0 Å². The second kappa shape index (κ2) is 10.6. The molecule has 7 nitrogen and oxygen atoms in total. The number of amides is 3. The summed E-state index contributed by atoms with van der Waals surface area (Å²) in [5.41, 5.74) is 2.23. The normalized spacial score (nSPS) is 18.6. The monoisotopic (exact) mass is 497 g/mol. The van der Waals surface area contributed by atoms with Gasteiger partial charge in [0.15, 0.2) is 0 Å². The molecule has 0 aliphatic carbocycles. The van der Waals surface area contributed by atoms with Crippen LogP contribution in [-0.2, 0) is 16.1 Å². The van der Waals surface area contributed by atoms with E-state index in [0.29, 0.717) is 43.6 Å². The number of likely N-dealkylation sites (tertiary alicyclic amines) is 1. The van der Waals surface area contributed by atoms with Gasteiger partial charge in [0.2, 0.25) is 5.91 Å². The third kappa shape index (κ3) is 5.13. The zero-order valence-corrected chi connectivity index (χ0v) is 20.9. The van der Waals surface area contributed by atoms with Crippen molar-refractivity contribution in [3.63, 3.8) is 0 Å². The van der Waals surface area contributed by atoms with E-state index >= 15 is 0 Å². The first-order chi connectivity index (χ1) is 18.0. The Hall–Kier alpha value is -3.97. The molecule has 0 saturated carbocycles. The molecule has 0 bridgehead atoms. The quantitative estimate of drug-likeness (QED) is 0.582. The SMILES string of the molecule is Cc1cccc(C(=O)N2CCC3(CC2)OCC(C(=O)NCc2ccccc2)N3C(=O)c2ccccc2)c1. The number of hydrogen-bond acceptors (Lipinski definition) is 4. The maximum absolute atomic E-state index is 13.8. The molecule has 3 aromatic carbocycles. The molecule has 2 heterocycles. The molecule has 3 amide bonds. The largest absolute Gasteiger partial charge is 0.353 e. The second-order valence-corrected chi connectivity index (χ2v) is 9.68. The Morgan fingerprint density at radius 2 is 1.51 bits per heavy atom. The van der Waals surface area contributed by atoms with Gasteiger partial charge in [-0.1, -0.05) is 66.2 Å². The van der Waals surface area contributed by atoms with E-state index in [1.54, 1.807) is 21.9 Å². The molecule has 2 fully saturated rings. The molecule has 190 valence electrons. The van der Waals surface area contributed by atoms with Crippen LogP contribution in [0.25, 0.3) is 0 Å². The van der Waals surface area contributed by atoms with Crippen LogP contribution in [0.2, 0.25) is 0 Å². The number of rotatable bonds is 5. The topological polar surface area (TPSA) is 79.0 Å². The molecule has 2 aliphatic heterocycles. The Labute approximate surface area is 217 Å². The molecule has 1 N–H and O–H groups in total. The Balaban J connectivity index is 1.35. The lowest BCUT2D eigenvalue weighted by Crippen LogP contribution is -2.59. The maximum atomic E-state index is 13.8. The average Bonchev–Trinajstić information content (AvgIpc) is 3.30. The fourth-order valence-corrected chi connectivity index (χ4v) is 5.21. The van der Waals surface area contributed by atoms with Crippen molar-refractivity contribution in [2.45, 2.75) is 38.1 Å². The molecule has 37 heavy (non-hydrogen) atoms. The molecule has 0 aromatic heterocycles. The van der Waals surface area contributed by atoms with E-state index in [2.05, 4.69) is 5.32 Å². The van der Waals surface area contributed by atoms with Gasteiger partial charge in [0.05, 0.1) is 6.61 Å². The second-order valence-electron chi connectivity index (χ2n) is 9.68. The number of ether oxygens (including phenoxy) is 1. The lowest BCUT2D eigenvalue weighted by atomic mass is 9.96. The van der Waals surface area contributed by atoms with Gasteiger partial charge >= 0.3 is 0 Å². The number of hydrogen-bond donors (Lipinski definition) is 1. The Kier molecular flexibility index (Phi) is 7.06. The van der Waals surface area contributed by atoms with Crippen LogP contribution in [0.3, 0.4) is 0 Å². The summed E-state index contributed by atoms with van der Waals surface area (Å²) >= 11 is 0. The van der Waals surface area contributed by atoms with Crippen LogP contribution in [0.1, 0.15) is 44.7 Å². The summed E-state index contributed by atoms with van der Waals surface area (Å²) in [6.45, 7) is 3.32. The van der Waals surface area contributed by atoms with E-state index in [9.17, 15) is 14.4 Å². The van der Waals surface area contributed by atoms with Gasteiger partial charge in [0.1, 0.15) is 11.8 Å². The van der Waals surface area contributed by atoms with Crippen molar-refractivity contribution in [3.8, 4) is 0 Å². The fourth-order valence-electron chi connectivity index (χ4n) is 5.21. The van der Waals surface area contributed by atoms with Gasteiger partial charge in [0.25, 0.3) is 11.8 Å². The van der Waals surface area contributed by atoms with Crippen LogP contribution in [0.4, 0.5) is 0 Å². The van der Waals surface area contributed by atoms with E-state index < -0.39 is 11.8 Å². The first kappa shape index (κ1) is 24.7. The fraction of sp³-hybridized carbons (Fsp3) is 0.300. The van der Waals surface area contributed by atoms with E-state index in [-0.39, 0.29) is 24.3 Å². The minimum Gasteiger partial charge on any atom is -0.353 e. The van der Waals surface area contributed by atoms with E-state index in [4.69, 9.17) is 4.74 Å². The third-order valence-electron chi connectivity index (χ3n) is 7.21. The van der Waals surface area contributed by atoms with Gasteiger partial charge in [-0.15, -0.1) is 0 Å². The Bertz CT molecular complexity index is 1270. The van der Waals surface area contributed by atoms with E-state index in [1.807, 2.05) is 79.7 Å². The standard InChI is InChI=1S/C30H31N3O4/c1-22-9-8-14-25(19-22)28(35)32-17-15-30(16-18-32)33(29(36)24-12-6-3-7-13-24)26(21-37-30)27(34)31-20-23-10-4-2-5-11-23/h2-14,19,26H,15-18,20-21H2,1H3,(H,31,34). The van der Waals surface area contributed by atoms with E-state index in [0.717, 1.165) is 11.1 Å². The maximum Gasteiger partial charge on any atom is 0.256 e. The zero-order valence-electron chi connectivity index (χ0n) is 20.9. The van der Waals surface area contributed by atoms with Gasteiger partial charge in [-0.2, -0.15) is 0 Å². The van der Waals surface area contributed by atoms with Crippen molar-refractivity contribution >= 4 is 17.7 Å². The average molecular weight is 498 g/mol. The van der Waals surface area contributed by atoms with Gasteiger partial charge in [0, 0.05) is 43.6 Å². The minimum atomic E-state index is -0.939. The van der Waals surface area contributed by atoms with Crippen LogP contribution in [0, 0.1) is 6.92 Å². The lowest BCUT2D eigenvalue weighted by molar-refractivity contribution is -0.128. The molecule has 1 spiro atoms. The summed E-state index contributed by atoms with van der Waals surface area (Å²) in [5.74, 6) is -0.519. The molecule has 5 rings (SSSR count). The van der Waals surface area contributed by atoms with E-state index in [1.165, 1.54) is 0 Å². The van der Waals surface area contributed by atoms with Gasteiger partial charge in [-0.3, -0.25) is 19.3 Å². The molecular formula is C30H31N3O4. The van der Waals surface area contributed by atoms with Gasteiger partial charge in [-0.25, -0.2) is 0 Å². The van der Waals surface area contributed by atoms with Crippen molar-refractivity contribution in [2.24, 2.45) is 0 Å². The molecule has 1 atom stereocenters. The Morgan fingerprint density at radius 3 is 2.19 bits per heavy atom. The molecule has 3 aromatic rings. The highest BCUT2D eigenvalue weighted by Crippen LogP contribution is 2.39. The van der Waals surface area contributed by atoms with Crippen molar-refractivity contribution < 1.29 is 19.1 Å². The Morgan fingerprint density at radius 1 is 0.865 bits per heavy atom. The molecule has 0 radical (unpaired) electrons. The highest BCUT2D eigenvalue weighted by molar-refractivity contribution is 5.98. The highest BCUT2D eigenvalue weighted by atomic mass is 16.5. The first-order valence-electron chi connectivity index (χ1n) is 12.7. The molecule has 2 saturated heterocycles. The zero-order chi connectivity index (χ0) is 25.8. The molecule has 2 aliphatic rings. The van der Waals surface area contributed by atoms with Crippen molar-refractivity contribution in [3.05, 3.63) is 107 Å². The van der Waals surface area contributed by atoms with Crippen molar-refractivity contribution in [1.82, 2.24) is 15.1 Å². The molecule has 1 unspecified atom stereocenters. The van der Waals surface area contributed by atoms with Crippen LogP contribution in [0.15, 0.2) is 84.9 Å². The predicted octanol–water partition coefficient (Wildman–Crippen LogP) is 3.78. The highest BCUT2D eigenvalue weighted by Gasteiger charge is 2.54. The number of nitrogens with zero attached hydrogens (tertiary/aromatic N) is 2. The van der Waals surface area contributed by atoms with Crippen LogP contribution >= 0.6 is 0 Å². The summed E-state index contributed by atoms with van der Waals surface area (Å²) < 4.78 is 6.28.